The highest BCUT2D eigenvalue weighted by atomic mass is 16.6. The molecule has 0 amide bonds. The molecular weight excluding hydrogens is 256 g/mol. The zero-order chi connectivity index (χ0) is 14.6. The molecule has 0 aliphatic heterocycles. The van der Waals surface area contributed by atoms with Crippen LogP contribution in [0, 0.1) is 10.1 Å². The number of carbonyl (C=O) groups is 1. The summed E-state index contributed by atoms with van der Waals surface area (Å²) in [5, 5.41) is 30.1. The van der Waals surface area contributed by atoms with Crippen molar-refractivity contribution in [2.75, 3.05) is 12.8 Å². The zero-order valence-electron chi connectivity index (χ0n) is 10.1. The smallest absolute Gasteiger partial charge is 0.308 e. The number of nitrogens with zero attached hydrogens (tertiary/aromatic N) is 1. The van der Waals surface area contributed by atoms with Gasteiger partial charge in [-0.25, -0.2) is 0 Å². The SMILES string of the molecule is COC(=O)CC(O)C(O)c1cc([N+](=O)[O-])ccc1N. The Labute approximate surface area is 108 Å². The third-order valence-corrected chi connectivity index (χ3v) is 2.57. The van der Waals surface area contributed by atoms with E-state index in [0.29, 0.717) is 0 Å². The number of rotatable bonds is 5. The van der Waals surface area contributed by atoms with Gasteiger partial charge in [0.2, 0.25) is 0 Å². The van der Waals surface area contributed by atoms with E-state index in [-0.39, 0.29) is 16.9 Å². The van der Waals surface area contributed by atoms with Gasteiger partial charge in [-0.15, -0.1) is 0 Å². The molecule has 1 rings (SSSR count). The van der Waals surface area contributed by atoms with Gasteiger partial charge in [-0.05, 0) is 6.07 Å². The van der Waals surface area contributed by atoms with Crippen LogP contribution >= 0.6 is 0 Å². The molecule has 19 heavy (non-hydrogen) atoms. The molecule has 0 saturated heterocycles. The molecule has 0 radical (unpaired) electrons. The first kappa shape index (κ1) is 14.9. The van der Waals surface area contributed by atoms with Gasteiger partial charge in [-0.2, -0.15) is 0 Å². The van der Waals surface area contributed by atoms with E-state index in [9.17, 15) is 25.1 Å². The Morgan fingerprint density at radius 3 is 2.68 bits per heavy atom. The fourth-order valence-corrected chi connectivity index (χ4v) is 1.50. The number of nitro benzene ring substituents is 1. The Kier molecular flexibility index (Phi) is 4.79. The fraction of sp³-hybridized carbons (Fsp3) is 0.364. The summed E-state index contributed by atoms with van der Waals surface area (Å²) >= 11 is 0. The van der Waals surface area contributed by atoms with E-state index in [2.05, 4.69) is 4.74 Å². The van der Waals surface area contributed by atoms with Gasteiger partial charge in [0.1, 0.15) is 6.10 Å². The summed E-state index contributed by atoms with van der Waals surface area (Å²) in [6.07, 6.45) is -3.42. The Bertz CT molecular complexity index is 490. The summed E-state index contributed by atoms with van der Waals surface area (Å²) in [4.78, 5) is 21.0. The molecule has 0 aliphatic carbocycles. The van der Waals surface area contributed by atoms with Gasteiger partial charge in [-0.3, -0.25) is 14.9 Å². The molecule has 4 N–H and O–H groups in total. The number of hydrogen-bond donors (Lipinski definition) is 3. The first-order valence-corrected chi connectivity index (χ1v) is 5.33. The minimum Gasteiger partial charge on any atom is -0.469 e. The third-order valence-electron chi connectivity index (χ3n) is 2.57. The molecule has 8 nitrogen and oxygen atoms in total. The Morgan fingerprint density at radius 1 is 1.53 bits per heavy atom. The normalized spacial score (nSPS) is 13.6. The molecule has 2 unspecified atom stereocenters. The van der Waals surface area contributed by atoms with Crippen LogP contribution in [0.25, 0.3) is 0 Å². The van der Waals surface area contributed by atoms with Crippen LogP contribution in [0.1, 0.15) is 18.1 Å². The highest BCUT2D eigenvalue weighted by Crippen LogP contribution is 2.28. The van der Waals surface area contributed by atoms with Crippen LogP contribution in [0.2, 0.25) is 0 Å². The summed E-state index contributed by atoms with van der Waals surface area (Å²) in [6.45, 7) is 0. The lowest BCUT2D eigenvalue weighted by Crippen LogP contribution is -2.23. The second-order valence-corrected chi connectivity index (χ2v) is 3.86. The summed E-state index contributed by atoms with van der Waals surface area (Å²) in [5.74, 6) is -0.712. The van der Waals surface area contributed by atoms with E-state index in [1.165, 1.54) is 12.1 Å². The van der Waals surface area contributed by atoms with Crippen LogP contribution in [0.4, 0.5) is 11.4 Å². The number of benzene rings is 1. The maximum Gasteiger partial charge on any atom is 0.308 e. The van der Waals surface area contributed by atoms with Crippen LogP contribution in [0.3, 0.4) is 0 Å². The first-order chi connectivity index (χ1) is 8.86. The van der Waals surface area contributed by atoms with Crippen LogP contribution in [-0.2, 0) is 9.53 Å². The van der Waals surface area contributed by atoms with E-state index in [0.717, 1.165) is 13.2 Å². The quantitative estimate of drug-likeness (QED) is 0.299. The van der Waals surface area contributed by atoms with Crippen LogP contribution in [0.15, 0.2) is 18.2 Å². The second kappa shape index (κ2) is 6.12. The molecule has 1 aromatic rings. The van der Waals surface area contributed by atoms with Crippen molar-refractivity contribution < 1.29 is 24.7 Å². The zero-order valence-corrected chi connectivity index (χ0v) is 10.1. The number of ether oxygens (including phenoxy) is 1. The molecule has 0 spiro atoms. The van der Waals surface area contributed by atoms with Crippen molar-refractivity contribution in [1.29, 1.82) is 0 Å². The number of carbonyl (C=O) groups excluding carboxylic acids is 1. The van der Waals surface area contributed by atoms with Crippen LogP contribution < -0.4 is 5.73 Å². The second-order valence-electron chi connectivity index (χ2n) is 3.86. The number of nitro groups is 1. The van der Waals surface area contributed by atoms with Crippen molar-refractivity contribution in [1.82, 2.24) is 0 Å². The molecule has 104 valence electrons. The number of methoxy groups -OCH3 is 1. The van der Waals surface area contributed by atoms with Gasteiger partial charge >= 0.3 is 5.97 Å². The molecular formula is C11H14N2O6. The van der Waals surface area contributed by atoms with Crippen molar-refractivity contribution in [2.45, 2.75) is 18.6 Å². The summed E-state index contributed by atoms with van der Waals surface area (Å²) in [7, 11) is 1.14. The predicted octanol–water partition coefficient (Wildman–Crippen LogP) is 0.134. The van der Waals surface area contributed by atoms with Crippen LogP contribution in [-0.4, -0.2) is 34.3 Å². The van der Waals surface area contributed by atoms with Gasteiger partial charge in [0.15, 0.2) is 0 Å². The monoisotopic (exact) mass is 270 g/mol. The summed E-state index contributed by atoms with van der Waals surface area (Å²) in [6, 6.07) is 3.49. The highest BCUT2D eigenvalue weighted by molar-refractivity contribution is 5.70. The lowest BCUT2D eigenvalue weighted by Gasteiger charge is -2.18. The van der Waals surface area contributed by atoms with Gasteiger partial charge < -0.3 is 20.7 Å². The summed E-state index contributed by atoms with van der Waals surface area (Å²) in [5.41, 5.74) is 5.39. The molecule has 0 fully saturated rings. The largest absolute Gasteiger partial charge is 0.469 e. The lowest BCUT2D eigenvalue weighted by molar-refractivity contribution is -0.385. The van der Waals surface area contributed by atoms with E-state index >= 15 is 0 Å². The van der Waals surface area contributed by atoms with Crippen molar-refractivity contribution >= 4 is 17.3 Å². The molecule has 0 bridgehead atoms. The fourth-order valence-electron chi connectivity index (χ4n) is 1.50. The number of non-ortho nitro benzene ring substituents is 1. The predicted molar refractivity (Wildman–Crippen MR) is 65.1 cm³/mol. The van der Waals surface area contributed by atoms with E-state index < -0.39 is 29.5 Å². The average Bonchev–Trinajstić information content (AvgIpc) is 2.37. The lowest BCUT2D eigenvalue weighted by atomic mass is 10.00. The van der Waals surface area contributed by atoms with Gasteiger partial charge in [0.05, 0.1) is 24.6 Å². The average molecular weight is 270 g/mol. The number of hydrogen-bond acceptors (Lipinski definition) is 7. The summed E-state index contributed by atoms with van der Waals surface area (Å²) < 4.78 is 4.35. The molecule has 1 aromatic carbocycles. The Morgan fingerprint density at radius 2 is 2.16 bits per heavy atom. The number of anilines is 1. The Hall–Kier alpha value is -2.19. The number of nitrogen functional groups attached to an aromatic ring is 1. The number of nitrogens with two attached hydrogens (primary N) is 1. The van der Waals surface area contributed by atoms with Gasteiger partial charge in [-0.1, -0.05) is 0 Å². The minimum absolute atomic E-state index is 0.00870. The highest BCUT2D eigenvalue weighted by Gasteiger charge is 2.25. The molecule has 2 atom stereocenters. The van der Waals surface area contributed by atoms with Crippen molar-refractivity contribution in [3.05, 3.63) is 33.9 Å². The maximum atomic E-state index is 11.0. The molecule has 0 saturated carbocycles. The first-order valence-electron chi connectivity index (χ1n) is 5.33. The minimum atomic E-state index is -1.51. The van der Waals surface area contributed by atoms with Crippen molar-refractivity contribution in [3.8, 4) is 0 Å². The van der Waals surface area contributed by atoms with E-state index in [1.807, 2.05) is 0 Å². The number of aliphatic hydroxyl groups is 2. The number of aliphatic hydroxyl groups excluding tert-OH is 2. The molecule has 0 aromatic heterocycles. The van der Waals surface area contributed by atoms with E-state index in [4.69, 9.17) is 5.73 Å². The van der Waals surface area contributed by atoms with Crippen molar-refractivity contribution in [3.63, 3.8) is 0 Å². The standard InChI is InChI=1S/C11H14N2O6/c1-19-10(15)5-9(14)11(16)7-4-6(13(17)18)2-3-8(7)12/h2-4,9,11,14,16H,5,12H2,1H3. The Balaban J connectivity index is 2.97. The number of esters is 1. The molecule has 8 heteroatoms. The van der Waals surface area contributed by atoms with Gasteiger partial charge in [0, 0.05) is 23.4 Å². The van der Waals surface area contributed by atoms with Crippen LogP contribution in [0.5, 0.6) is 0 Å². The van der Waals surface area contributed by atoms with Gasteiger partial charge in [0.25, 0.3) is 5.69 Å². The molecule has 0 aliphatic rings. The topological polar surface area (TPSA) is 136 Å². The molecule has 0 heterocycles. The maximum absolute atomic E-state index is 11.0. The van der Waals surface area contributed by atoms with E-state index in [1.54, 1.807) is 0 Å². The van der Waals surface area contributed by atoms with Crippen molar-refractivity contribution in [2.24, 2.45) is 0 Å². The third kappa shape index (κ3) is 3.63.